The van der Waals surface area contributed by atoms with Crippen LogP contribution in [-0.2, 0) is 9.53 Å². The molecule has 2 aromatic heterocycles. The van der Waals surface area contributed by atoms with E-state index in [2.05, 4.69) is 15.0 Å². The van der Waals surface area contributed by atoms with Crippen molar-refractivity contribution in [3.63, 3.8) is 0 Å². The summed E-state index contributed by atoms with van der Waals surface area (Å²) < 4.78 is 48.3. The van der Waals surface area contributed by atoms with Gasteiger partial charge in [-0.05, 0) is 37.8 Å². The molecule has 3 aliphatic heterocycles. The normalized spacial score (nSPS) is 19.9. The number of rotatable bonds is 4. The average molecular weight is 528 g/mol. The Bertz CT molecular complexity index is 1340. The van der Waals surface area contributed by atoms with E-state index in [0.29, 0.717) is 81.9 Å². The smallest absolute Gasteiger partial charge is 0.229 e. The van der Waals surface area contributed by atoms with E-state index in [0.717, 1.165) is 31.2 Å². The molecule has 3 aliphatic rings. The van der Waals surface area contributed by atoms with Crippen LogP contribution in [0.5, 0.6) is 0 Å². The standard InChI is InChI=1S/C26H28F3N7O2/c27-18-16-30-35(17-18)23-15-22(31-25(32-23)34-10-12-38-13-11-34)33-8-6-26(7-9-33)5-1-2-24(37)36(26)19-3-4-20(28)21(29)14-19/h3-4,14-17H,1-2,5-13H2. The van der Waals surface area contributed by atoms with Gasteiger partial charge in [-0.3, -0.25) is 4.79 Å². The Hall–Kier alpha value is -3.67. The molecule has 5 heterocycles. The molecule has 9 nitrogen and oxygen atoms in total. The summed E-state index contributed by atoms with van der Waals surface area (Å²) in [5.41, 5.74) is -0.0916. The number of morpholine rings is 1. The third-order valence-corrected chi connectivity index (χ3v) is 7.70. The molecule has 0 saturated carbocycles. The topological polar surface area (TPSA) is 79.6 Å². The molecule has 0 atom stereocenters. The van der Waals surface area contributed by atoms with Crippen LogP contribution < -0.4 is 14.7 Å². The van der Waals surface area contributed by atoms with E-state index in [9.17, 15) is 18.0 Å². The van der Waals surface area contributed by atoms with Crippen molar-refractivity contribution in [2.45, 2.75) is 37.6 Å². The zero-order valence-corrected chi connectivity index (χ0v) is 20.8. The predicted molar refractivity (Wildman–Crippen MR) is 134 cm³/mol. The molecule has 38 heavy (non-hydrogen) atoms. The van der Waals surface area contributed by atoms with Crippen LogP contribution in [0.25, 0.3) is 5.82 Å². The van der Waals surface area contributed by atoms with Gasteiger partial charge < -0.3 is 19.4 Å². The summed E-state index contributed by atoms with van der Waals surface area (Å²) in [6.45, 7) is 3.62. The lowest BCUT2D eigenvalue weighted by molar-refractivity contribution is -0.121. The summed E-state index contributed by atoms with van der Waals surface area (Å²) in [6.07, 6.45) is 5.60. The fourth-order valence-electron chi connectivity index (χ4n) is 5.74. The third-order valence-electron chi connectivity index (χ3n) is 7.70. The number of carbonyl (C=O) groups excluding carboxylic acids is 1. The Labute approximate surface area is 217 Å². The van der Waals surface area contributed by atoms with Gasteiger partial charge in [-0.15, -0.1) is 0 Å². The summed E-state index contributed by atoms with van der Waals surface area (Å²) in [6, 6.07) is 5.45. The molecule has 6 rings (SSSR count). The number of ether oxygens (including phenoxy) is 1. The van der Waals surface area contributed by atoms with E-state index in [4.69, 9.17) is 9.72 Å². The van der Waals surface area contributed by atoms with E-state index in [-0.39, 0.29) is 5.91 Å². The fraction of sp³-hybridized carbons (Fsp3) is 0.462. The van der Waals surface area contributed by atoms with Crippen LogP contribution in [0.3, 0.4) is 0 Å². The summed E-state index contributed by atoms with van der Waals surface area (Å²) in [5, 5.41) is 4.08. The van der Waals surface area contributed by atoms with Crippen molar-refractivity contribution in [3.05, 3.63) is 54.1 Å². The van der Waals surface area contributed by atoms with E-state index >= 15 is 0 Å². The van der Waals surface area contributed by atoms with E-state index in [1.54, 1.807) is 11.0 Å². The first-order valence-corrected chi connectivity index (χ1v) is 12.9. The molecule has 0 bridgehead atoms. The van der Waals surface area contributed by atoms with Crippen LogP contribution in [0.15, 0.2) is 36.7 Å². The minimum Gasteiger partial charge on any atom is -0.378 e. The van der Waals surface area contributed by atoms with Crippen LogP contribution >= 0.6 is 0 Å². The molecule has 1 aromatic carbocycles. The Morgan fingerprint density at radius 1 is 0.868 bits per heavy atom. The maximum Gasteiger partial charge on any atom is 0.229 e. The number of carbonyl (C=O) groups is 1. The quantitative estimate of drug-likeness (QED) is 0.514. The molecular formula is C26H28F3N7O2. The van der Waals surface area contributed by atoms with Gasteiger partial charge in [0.15, 0.2) is 23.3 Å². The molecule has 12 heteroatoms. The number of benzene rings is 1. The zero-order chi connectivity index (χ0) is 26.3. The SMILES string of the molecule is O=C1CCCC2(CCN(c3cc(-n4cc(F)cn4)nc(N4CCOCC4)n3)CC2)N1c1ccc(F)c(F)c1. The minimum absolute atomic E-state index is 0.0738. The second kappa shape index (κ2) is 9.90. The lowest BCUT2D eigenvalue weighted by atomic mass is 9.78. The van der Waals surface area contributed by atoms with Gasteiger partial charge in [0.25, 0.3) is 0 Å². The van der Waals surface area contributed by atoms with Crippen molar-refractivity contribution >= 4 is 23.4 Å². The van der Waals surface area contributed by atoms with Crippen molar-refractivity contribution in [2.75, 3.05) is 54.1 Å². The number of nitrogens with zero attached hydrogens (tertiary/aromatic N) is 7. The van der Waals surface area contributed by atoms with Gasteiger partial charge in [0.05, 0.1) is 31.1 Å². The molecule has 1 amide bonds. The molecule has 1 spiro atoms. The highest BCUT2D eigenvalue weighted by Gasteiger charge is 2.45. The number of hydrogen-bond donors (Lipinski definition) is 0. The first-order valence-electron chi connectivity index (χ1n) is 12.9. The molecule has 0 N–H and O–H groups in total. The second-order valence-corrected chi connectivity index (χ2v) is 9.98. The first-order chi connectivity index (χ1) is 18.4. The Morgan fingerprint density at radius 2 is 1.63 bits per heavy atom. The Morgan fingerprint density at radius 3 is 2.34 bits per heavy atom. The lowest BCUT2D eigenvalue weighted by Gasteiger charge is -2.51. The van der Waals surface area contributed by atoms with Crippen molar-refractivity contribution in [1.82, 2.24) is 19.7 Å². The molecule has 3 aromatic rings. The summed E-state index contributed by atoms with van der Waals surface area (Å²) >= 11 is 0. The Kier molecular flexibility index (Phi) is 6.42. The van der Waals surface area contributed by atoms with Gasteiger partial charge in [0.2, 0.25) is 11.9 Å². The number of hydrogen-bond acceptors (Lipinski definition) is 7. The highest BCUT2D eigenvalue weighted by atomic mass is 19.2. The van der Waals surface area contributed by atoms with Gasteiger partial charge in [0.1, 0.15) is 5.82 Å². The van der Waals surface area contributed by atoms with Gasteiger partial charge in [-0.25, -0.2) is 17.9 Å². The van der Waals surface area contributed by atoms with Gasteiger partial charge >= 0.3 is 0 Å². The molecular weight excluding hydrogens is 499 g/mol. The maximum absolute atomic E-state index is 14.1. The summed E-state index contributed by atoms with van der Waals surface area (Å²) in [4.78, 5) is 28.4. The predicted octanol–water partition coefficient (Wildman–Crippen LogP) is 3.47. The summed E-state index contributed by atoms with van der Waals surface area (Å²) in [7, 11) is 0. The lowest BCUT2D eigenvalue weighted by Crippen LogP contribution is -2.60. The van der Waals surface area contributed by atoms with Crippen LogP contribution in [0.1, 0.15) is 32.1 Å². The van der Waals surface area contributed by atoms with Crippen LogP contribution in [0, 0.1) is 17.5 Å². The fourth-order valence-corrected chi connectivity index (χ4v) is 5.74. The molecule has 3 fully saturated rings. The van der Waals surface area contributed by atoms with E-state index < -0.39 is 23.0 Å². The van der Waals surface area contributed by atoms with E-state index in [1.165, 1.54) is 16.9 Å². The second-order valence-electron chi connectivity index (χ2n) is 9.98. The van der Waals surface area contributed by atoms with Gasteiger partial charge in [-0.1, -0.05) is 0 Å². The molecule has 0 radical (unpaired) electrons. The van der Waals surface area contributed by atoms with Crippen LogP contribution in [0.2, 0.25) is 0 Å². The number of piperidine rings is 2. The largest absolute Gasteiger partial charge is 0.378 e. The van der Waals surface area contributed by atoms with Crippen LogP contribution in [0.4, 0.5) is 30.6 Å². The maximum atomic E-state index is 14.1. The van der Waals surface area contributed by atoms with E-state index in [1.807, 2.05) is 4.90 Å². The first kappa shape index (κ1) is 24.7. The highest BCUT2D eigenvalue weighted by molar-refractivity contribution is 5.95. The van der Waals surface area contributed by atoms with Gasteiger partial charge in [0, 0.05) is 50.4 Å². The zero-order valence-electron chi connectivity index (χ0n) is 20.8. The number of anilines is 3. The third kappa shape index (κ3) is 4.57. The molecule has 3 saturated heterocycles. The molecule has 0 aliphatic carbocycles. The summed E-state index contributed by atoms with van der Waals surface area (Å²) in [5.74, 6) is -0.774. The van der Waals surface area contributed by atoms with Crippen LogP contribution in [-0.4, -0.2) is 70.6 Å². The van der Waals surface area contributed by atoms with Crippen molar-refractivity contribution in [3.8, 4) is 5.82 Å². The minimum atomic E-state index is -0.965. The van der Waals surface area contributed by atoms with Crippen molar-refractivity contribution in [2.24, 2.45) is 0 Å². The molecule has 0 unspecified atom stereocenters. The monoisotopic (exact) mass is 527 g/mol. The number of halogens is 3. The Balaban J connectivity index is 1.29. The highest BCUT2D eigenvalue weighted by Crippen LogP contribution is 2.42. The van der Waals surface area contributed by atoms with Crippen molar-refractivity contribution in [1.29, 1.82) is 0 Å². The van der Waals surface area contributed by atoms with Gasteiger partial charge in [-0.2, -0.15) is 15.1 Å². The molecule has 200 valence electrons. The number of amides is 1. The number of aromatic nitrogens is 4. The van der Waals surface area contributed by atoms with Crippen molar-refractivity contribution < 1.29 is 22.7 Å². The average Bonchev–Trinajstić information content (AvgIpc) is 3.37.